The molecule has 2 aliphatic heterocycles. The highest BCUT2D eigenvalue weighted by Gasteiger charge is 2.32. The molecule has 2 aliphatic rings. The first kappa shape index (κ1) is 18.4. The Balaban J connectivity index is 1.64. The molecule has 0 unspecified atom stereocenters. The molecule has 0 aliphatic carbocycles. The number of nitrogens with zero attached hydrogens (tertiary/aromatic N) is 1. The van der Waals surface area contributed by atoms with E-state index in [1.54, 1.807) is 0 Å². The smallest absolute Gasteiger partial charge is 0.326 e. The number of carbonyl (C=O) groups is 3. The summed E-state index contributed by atoms with van der Waals surface area (Å²) in [6.45, 7) is 0.359. The summed E-state index contributed by atoms with van der Waals surface area (Å²) in [5, 5.41) is 0. The molecule has 0 bridgehead atoms. The number of hydrogen-bond donors (Lipinski definition) is 0. The van der Waals surface area contributed by atoms with Gasteiger partial charge in [-0.1, -0.05) is 18.2 Å². The van der Waals surface area contributed by atoms with Crippen molar-refractivity contribution in [3.05, 3.63) is 29.8 Å². The average molecular weight is 361 g/mol. The number of carbonyl (C=O) groups excluding carboxylic acids is 3. The van der Waals surface area contributed by atoms with Gasteiger partial charge in [0.15, 0.2) is 0 Å². The molecule has 7 nitrogen and oxygen atoms in total. The van der Waals surface area contributed by atoms with Crippen LogP contribution in [0, 0.1) is 5.92 Å². The number of rotatable bonds is 4. The predicted molar refractivity (Wildman–Crippen MR) is 92.6 cm³/mol. The summed E-state index contributed by atoms with van der Waals surface area (Å²) in [6, 6.07) is 7.61. The van der Waals surface area contributed by atoms with E-state index in [0.717, 1.165) is 24.1 Å². The van der Waals surface area contributed by atoms with E-state index in [1.807, 2.05) is 24.3 Å². The van der Waals surface area contributed by atoms with Crippen molar-refractivity contribution in [3.8, 4) is 0 Å². The summed E-state index contributed by atoms with van der Waals surface area (Å²) < 4.78 is 15.5. The van der Waals surface area contributed by atoms with Gasteiger partial charge in [0.25, 0.3) is 0 Å². The van der Waals surface area contributed by atoms with Crippen LogP contribution in [-0.4, -0.2) is 50.8 Å². The van der Waals surface area contributed by atoms with Crippen LogP contribution < -0.4 is 4.90 Å². The van der Waals surface area contributed by atoms with Crippen molar-refractivity contribution in [2.24, 2.45) is 5.92 Å². The zero-order chi connectivity index (χ0) is 18.5. The van der Waals surface area contributed by atoms with Gasteiger partial charge in [0.2, 0.25) is 5.91 Å². The van der Waals surface area contributed by atoms with E-state index in [4.69, 9.17) is 14.2 Å². The Bertz CT molecular complexity index is 688. The van der Waals surface area contributed by atoms with Crippen molar-refractivity contribution in [2.75, 3.05) is 31.8 Å². The van der Waals surface area contributed by atoms with Crippen LogP contribution in [0.4, 0.5) is 5.69 Å². The van der Waals surface area contributed by atoms with Gasteiger partial charge < -0.3 is 19.1 Å². The van der Waals surface area contributed by atoms with E-state index < -0.39 is 18.0 Å². The van der Waals surface area contributed by atoms with E-state index in [9.17, 15) is 14.4 Å². The number of anilines is 1. The van der Waals surface area contributed by atoms with Crippen LogP contribution in [0.5, 0.6) is 0 Å². The number of para-hydroxylation sites is 1. The lowest BCUT2D eigenvalue weighted by Gasteiger charge is -2.28. The number of aryl methyl sites for hydroxylation is 1. The largest absolute Gasteiger partial charge is 0.469 e. The molecule has 1 saturated heterocycles. The molecule has 0 spiro atoms. The number of benzene rings is 1. The predicted octanol–water partition coefficient (Wildman–Crippen LogP) is 1.48. The fourth-order valence-electron chi connectivity index (χ4n) is 3.42. The van der Waals surface area contributed by atoms with E-state index in [0.29, 0.717) is 12.8 Å². The molecule has 1 fully saturated rings. The van der Waals surface area contributed by atoms with Gasteiger partial charge in [-0.05, 0) is 24.5 Å². The van der Waals surface area contributed by atoms with Crippen LogP contribution in [0.2, 0.25) is 0 Å². The second kappa shape index (κ2) is 8.31. The van der Waals surface area contributed by atoms with E-state index in [-0.39, 0.29) is 31.6 Å². The molecule has 3 rings (SSSR count). The Morgan fingerprint density at radius 2 is 2.04 bits per heavy atom. The molecule has 2 heterocycles. The van der Waals surface area contributed by atoms with Gasteiger partial charge >= 0.3 is 11.9 Å². The van der Waals surface area contributed by atoms with Gasteiger partial charge in [0.05, 0.1) is 26.2 Å². The lowest BCUT2D eigenvalue weighted by molar-refractivity contribution is -0.165. The summed E-state index contributed by atoms with van der Waals surface area (Å²) in [6.07, 6.45) is 1.82. The summed E-state index contributed by atoms with van der Waals surface area (Å²) in [5.74, 6) is -1.40. The summed E-state index contributed by atoms with van der Waals surface area (Å²) in [4.78, 5) is 38.0. The molecule has 0 N–H and O–H groups in total. The normalized spacial score (nSPS) is 23.0. The minimum Gasteiger partial charge on any atom is -0.469 e. The monoisotopic (exact) mass is 361 g/mol. The molecule has 2 atom stereocenters. The molecule has 7 heteroatoms. The maximum absolute atomic E-state index is 12.4. The first-order chi connectivity index (χ1) is 12.6. The van der Waals surface area contributed by atoms with Crippen molar-refractivity contribution < 1.29 is 28.6 Å². The van der Waals surface area contributed by atoms with Crippen molar-refractivity contribution in [2.45, 2.75) is 31.8 Å². The third kappa shape index (κ3) is 4.22. The third-order valence-electron chi connectivity index (χ3n) is 4.71. The number of hydrogen-bond acceptors (Lipinski definition) is 6. The SMILES string of the molecule is COC(=O)[C@@H]1COC[C@H](OC(=O)CN2C(=O)CCCc3ccccc32)C1. The summed E-state index contributed by atoms with van der Waals surface area (Å²) in [5.41, 5.74) is 1.82. The summed E-state index contributed by atoms with van der Waals surface area (Å²) >= 11 is 0. The van der Waals surface area contributed by atoms with Gasteiger partial charge in [-0.2, -0.15) is 0 Å². The first-order valence-corrected chi connectivity index (χ1v) is 8.82. The molecule has 0 radical (unpaired) electrons. The number of amides is 1. The van der Waals surface area contributed by atoms with Gasteiger partial charge in [0.1, 0.15) is 12.6 Å². The Hall–Kier alpha value is -2.41. The number of methoxy groups -OCH3 is 1. The number of ether oxygens (including phenoxy) is 3. The first-order valence-electron chi connectivity index (χ1n) is 8.82. The fourth-order valence-corrected chi connectivity index (χ4v) is 3.42. The van der Waals surface area contributed by atoms with Crippen LogP contribution in [-0.2, 0) is 35.0 Å². The van der Waals surface area contributed by atoms with Crippen LogP contribution in [0.3, 0.4) is 0 Å². The molecule has 1 amide bonds. The lowest BCUT2D eigenvalue weighted by Crippen LogP contribution is -2.41. The molecule has 0 saturated carbocycles. The second-order valence-corrected chi connectivity index (χ2v) is 6.57. The summed E-state index contributed by atoms with van der Waals surface area (Å²) in [7, 11) is 1.32. The molecule has 140 valence electrons. The highest BCUT2D eigenvalue weighted by atomic mass is 16.6. The van der Waals surface area contributed by atoms with Crippen molar-refractivity contribution in [3.63, 3.8) is 0 Å². The van der Waals surface area contributed by atoms with Crippen LogP contribution in [0.1, 0.15) is 24.8 Å². The lowest BCUT2D eigenvalue weighted by atomic mass is 10.0. The van der Waals surface area contributed by atoms with Crippen LogP contribution >= 0.6 is 0 Å². The molecular weight excluding hydrogens is 338 g/mol. The standard InChI is InChI=1S/C19H23NO6/c1-24-19(23)14-9-15(12-25-11-14)26-18(22)10-20-16-7-3-2-5-13(16)6-4-8-17(20)21/h2-3,5,7,14-15H,4,6,8-12H2,1H3/t14-,15+/m0/s1. The van der Waals surface area contributed by atoms with Gasteiger partial charge in [-0.3, -0.25) is 14.4 Å². The minimum absolute atomic E-state index is 0.0840. The number of esters is 2. The van der Waals surface area contributed by atoms with Crippen molar-refractivity contribution in [1.82, 2.24) is 0 Å². The van der Waals surface area contributed by atoms with Crippen LogP contribution in [0.15, 0.2) is 24.3 Å². The van der Waals surface area contributed by atoms with E-state index >= 15 is 0 Å². The Morgan fingerprint density at radius 1 is 1.23 bits per heavy atom. The maximum atomic E-state index is 12.4. The van der Waals surface area contributed by atoms with Gasteiger partial charge in [0, 0.05) is 18.5 Å². The fraction of sp³-hybridized carbons (Fsp3) is 0.526. The zero-order valence-corrected chi connectivity index (χ0v) is 14.8. The second-order valence-electron chi connectivity index (χ2n) is 6.57. The molecule has 1 aromatic rings. The van der Waals surface area contributed by atoms with E-state index in [1.165, 1.54) is 12.0 Å². The topological polar surface area (TPSA) is 82.1 Å². The zero-order valence-electron chi connectivity index (χ0n) is 14.8. The van der Waals surface area contributed by atoms with Crippen molar-refractivity contribution >= 4 is 23.5 Å². The molecular formula is C19H23NO6. The highest BCUT2D eigenvalue weighted by molar-refractivity contribution is 5.98. The molecule has 0 aromatic heterocycles. The van der Waals surface area contributed by atoms with E-state index in [2.05, 4.69) is 0 Å². The third-order valence-corrected chi connectivity index (χ3v) is 4.71. The van der Waals surface area contributed by atoms with Crippen molar-refractivity contribution in [1.29, 1.82) is 0 Å². The maximum Gasteiger partial charge on any atom is 0.326 e. The quantitative estimate of drug-likeness (QED) is 0.756. The Morgan fingerprint density at radius 3 is 2.85 bits per heavy atom. The highest BCUT2D eigenvalue weighted by Crippen LogP contribution is 2.27. The number of fused-ring (bicyclic) bond motifs is 1. The Labute approximate surface area is 152 Å². The van der Waals surface area contributed by atoms with Crippen LogP contribution in [0.25, 0.3) is 0 Å². The average Bonchev–Trinajstić information content (AvgIpc) is 2.80. The van der Waals surface area contributed by atoms with Gasteiger partial charge in [-0.15, -0.1) is 0 Å². The Kier molecular flexibility index (Phi) is 5.88. The molecule has 26 heavy (non-hydrogen) atoms. The minimum atomic E-state index is -0.516. The van der Waals surface area contributed by atoms with Gasteiger partial charge in [-0.25, -0.2) is 0 Å². The molecule has 1 aromatic carbocycles.